The van der Waals surface area contributed by atoms with Gasteiger partial charge in [-0.3, -0.25) is 9.69 Å². The van der Waals surface area contributed by atoms with Gasteiger partial charge < -0.3 is 14.6 Å². The van der Waals surface area contributed by atoms with Crippen LogP contribution in [0, 0.1) is 6.92 Å². The molecule has 0 bridgehead atoms. The summed E-state index contributed by atoms with van der Waals surface area (Å²) >= 11 is 6.52. The number of hydrogen-bond donors (Lipinski definition) is 0. The van der Waals surface area contributed by atoms with Gasteiger partial charge >= 0.3 is 0 Å². The largest absolute Gasteiger partial charge is 0.545 e. The highest BCUT2D eigenvalue weighted by molar-refractivity contribution is 8.27. The summed E-state index contributed by atoms with van der Waals surface area (Å²) in [5, 5.41) is 11.1. The van der Waals surface area contributed by atoms with Crippen molar-refractivity contribution in [1.82, 2.24) is 0 Å². The number of aromatic carboxylic acids is 1. The molecule has 0 atom stereocenters. The average Bonchev–Trinajstić information content (AvgIpc) is 2.89. The van der Waals surface area contributed by atoms with E-state index in [-0.39, 0.29) is 11.5 Å². The molecule has 7 heteroatoms. The lowest BCUT2D eigenvalue weighted by atomic mass is 10.1. The summed E-state index contributed by atoms with van der Waals surface area (Å²) in [7, 11) is 1.56. The summed E-state index contributed by atoms with van der Waals surface area (Å²) in [5.74, 6) is -0.960. The van der Waals surface area contributed by atoms with Crippen LogP contribution in [0.4, 0.5) is 5.69 Å². The van der Waals surface area contributed by atoms with Crippen LogP contribution in [0.5, 0.6) is 5.75 Å². The third-order valence-corrected chi connectivity index (χ3v) is 5.21. The molecule has 2 aromatic rings. The van der Waals surface area contributed by atoms with Crippen molar-refractivity contribution in [3.05, 3.63) is 64.1 Å². The highest BCUT2D eigenvalue weighted by Crippen LogP contribution is 2.38. The van der Waals surface area contributed by atoms with Crippen LogP contribution in [0.15, 0.2) is 47.4 Å². The van der Waals surface area contributed by atoms with Crippen molar-refractivity contribution in [2.24, 2.45) is 0 Å². The van der Waals surface area contributed by atoms with Crippen LogP contribution >= 0.6 is 24.0 Å². The number of rotatable bonds is 4. The van der Waals surface area contributed by atoms with E-state index < -0.39 is 5.97 Å². The summed E-state index contributed by atoms with van der Waals surface area (Å²) in [6.07, 6.45) is 1.72. The molecule has 2 aromatic carbocycles. The first-order chi connectivity index (χ1) is 12.4. The minimum Gasteiger partial charge on any atom is -0.545 e. The number of amides is 1. The van der Waals surface area contributed by atoms with Crippen molar-refractivity contribution in [2.75, 3.05) is 12.0 Å². The van der Waals surface area contributed by atoms with Crippen LogP contribution in [-0.2, 0) is 4.79 Å². The van der Waals surface area contributed by atoms with Gasteiger partial charge in [-0.25, -0.2) is 0 Å². The van der Waals surface area contributed by atoms with Gasteiger partial charge in [-0.15, -0.1) is 0 Å². The van der Waals surface area contributed by atoms with E-state index in [9.17, 15) is 14.7 Å². The molecule has 26 heavy (non-hydrogen) atoms. The lowest BCUT2D eigenvalue weighted by Crippen LogP contribution is -2.29. The smallest absolute Gasteiger partial charge is 0.270 e. The third-order valence-electron chi connectivity index (χ3n) is 3.90. The average molecular weight is 384 g/mol. The molecular formula is C19H14NO4S2-. The van der Waals surface area contributed by atoms with Crippen LogP contribution in [0.2, 0.25) is 0 Å². The number of carbonyl (C=O) groups is 2. The van der Waals surface area contributed by atoms with Crippen molar-refractivity contribution in [2.45, 2.75) is 6.92 Å². The molecule has 132 valence electrons. The van der Waals surface area contributed by atoms with Crippen molar-refractivity contribution >= 4 is 51.9 Å². The van der Waals surface area contributed by atoms with Crippen molar-refractivity contribution in [3.8, 4) is 5.75 Å². The number of carbonyl (C=O) groups excluding carboxylic acids is 2. The van der Waals surface area contributed by atoms with Crippen LogP contribution in [-0.4, -0.2) is 23.3 Å². The van der Waals surface area contributed by atoms with E-state index in [0.717, 1.165) is 22.9 Å². The van der Waals surface area contributed by atoms with Crippen LogP contribution in [0.3, 0.4) is 0 Å². The molecule has 0 aliphatic carbocycles. The van der Waals surface area contributed by atoms with Crippen molar-refractivity contribution in [1.29, 1.82) is 0 Å². The van der Waals surface area contributed by atoms with E-state index in [4.69, 9.17) is 17.0 Å². The number of para-hydroxylation sites is 1. The Labute approximate surface area is 160 Å². The molecule has 1 aliphatic rings. The van der Waals surface area contributed by atoms with E-state index in [1.54, 1.807) is 32.2 Å². The molecule has 0 spiro atoms. The van der Waals surface area contributed by atoms with Crippen molar-refractivity contribution in [3.63, 3.8) is 0 Å². The molecule has 1 aliphatic heterocycles. The maximum absolute atomic E-state index is 12.9. The number of ether oxygens (including phenoxy) is 1. The number of hydrogen-bond acceptors (Lipinski definition) is 6. The molecule has 0 N–H and O–H groups in total. The van der Waals surface area contributed by atoms with Gasteiger partial charge in [0.1, 0.15) is 5.75 Å². The van der Waals surface area contributed by atoms with Crippen LogP contribution < -0.4 is 14.7 Å². The molecule has 1 fully saturated rings. The second-order valence-electron chi connectivity index (χ2n) is 5.55. The monoisotopic (exact) mass is 384 g/mol. The van der Waals surface area contributed by atoms with Gasteiger partial charge in [-0.2, -0.15) is 0 Å². The predicted octanol–water partition coefficient (Wildman–Crippen LogP) is 2.77. The Hall–Kier alpha value is -2.64. The molecule has 1 saturated heterocycles. The van der Waals surface area contributed by atoms with Gasteiger partial charge in [0, 0.05) is 5.56 Å². The number of nitrogens with zero attached hydrogens (tertiary/aromatic N) is 1. The molecule has 0 radical (unpaired) electrons. The fourth-order valence-electron chi connectivity index (χ4n) is 2.58. The van der Waals surface area contributed by atoms with Gasteiger partial charge in [-0.1, -0.05) is 54.3 Å². The first-order valence-electron chi connectivity index (χ1n) is 7.65. The number of thioether (sulfide) groups is 1. The molecule has 1 heterocycles. The van der Waals surface area contributed by atoms with Gasteiger partial charge in [0.05, 0.1) is 23.7 Å². The minimum atomic E-state index is -1.30. The van der Waals surface area contributed by atoms with E-state index in [0.29, 0.717) is 20.7 Å². The molecule has 0 unspecified atom stereocenters. The first-order valence-corrected chi connectivity index (χ1v) is 8.88. The Morgan fingerprint density at radius 3 is 2.69 bits per heavy atom. The normalized spacial score (nSPS) is 15.6. The van der Waals surface area contributed by atoms with E-state index in [2.05, 4.69) is 0 Å². The number of benzene rings is 2. The maximum Gasteiger partial charge on any atom is 0.270 e. The molecule has 3 rings (SSSR count). The SMILES string of the molecule is COc1ccccc1/C=C1\SC(=S)N(c2cc(C(=O)[O-])ccc2C)C1=O. The van der Waals surface area contributed by atoms with Gasteiger partial charge in [0.25, 0.3) is 5.91 Å². The summed E-state index contributed by atoms with van der Waals surface area (Å²) < 4.78 is 5.65. The predicted molar refractivity (Wildman–Crippen MR) is 104 cm³/mol. The molecule has 5 nitrogen and oxygen atoms in total. The standard InChI is InChI=1S/C19H15NO4S2/c1-11-7-8-13(18(22)23)9-14(11)20-17(21)16(26-19(20)25)10-12-5-3-4-6-15(12)24-2/h3-10H,1-2H3,(H,22,23)/p-1/b16-10-. The third kappa shape index (κ3) is 3.36. The molecule has 0 aromatic heterocycles. The van der Waals surface area contributed by atoms with E-state index in [1.165, 1.54) is 17.0 Å². The Bertz CT molecular complexity index is 952. The number of methoxy groups -OCH3 is 1. The number of aryl methyl sites for hydroxylation is 1. The lowest BCUT2D eigenvalue weighted by molar-refractivity contribution is -0.255. The Kier molecular flexibility index (Phi) is 5.11. The summed E-state index contributed by atoms with van der Waals surface area (Å²) in [4.78, 5) is 25.8. The Morgan fingerprint density at radius 2 is 2.00 bits per heavy atom. The molecule has 1 amide bonds. The highest BCUT2D eigenvalue weighted by Gasteiger charge is 2.34. The minimum absolute atomic E-state index is 0.00615. The maximum atomic E-state index is 12.9. The van der Waals surface area contributed by atoms with E-state index >= 15 is 0 Å². The highest BCUT2D eigenvalue weighted by atomic mass is 32.2. The van der Waals surface area contributed by atoms with Crippen molar-refractivity contribution < 1.29 is 19.4 Å². The summed E-state index contributed by atoms with van der Waals surface area (Å²) in [5.41, 5.74) is 1.94. The lowest BCUT2D eigenvalue weighted by Gasteiger charge is -2.18. The number of anilines is 1. The fourth-order valence-corrected chi connectivity index (χ4v) is 3.86. The summed E-state index contributed by atoms with van der Waals surface area (Å²) in [6, 6.07) is 11.8. The second kappa shape index (κ2) is 7.31. The Balaban J connectivity index is 2.01. The fraction of sp³-hybridized carbons (Fsp3) is 0.105. The van der Waals surface area contributed by atoms with Gasteiger partial charge in [-0.05, 0) is 36.3 Å². The second-order valence-corrected chi connectivity index (χ2v) is 7.22. The summed E-state index contributed by atoms with van der Waals surface area (Å²) in [6.45, 7) is 1.79. The van der Waals surface area contributed by atoms with Crippen LogP contribution in [0.25, 0.3) is 6.08 Å². The Morgan fingerprint density at radius 1 is 1.27 bits per heavy atom. The number of thiocarbonyl (C=S) groups is 1. The molecule has 0 saturated carbocycles. The quantitative estimate of drug-likeness (QED) is 0.596. The number of carboxylic acids is 1. The van der Waals surface area contributed by atoms with Crippen LogP contribution in [0.1, 0.15) is 21.5 Å². The van der Waals surface area contributed by atoms with E-state index in [1.807, 2.05) is 18.2 Å². The topological polar surface area (TPSA) is 69.7 Å². The van der Waals surface area contributed by atoms with Gasteiger partial charge in [0.2, 0.25) is 0 Å². The zero-order chi connectivity index (χ0) is 18.8. The van der Waals surface area contributed by atoms with Gasteiger partial charge in [0.15, 0.2) is 4.32 Å². The number of carboxylic acid groups (broad SMARTS) is 1. The first kappa shape index (κ1) is 18.2. The zero-order valence-electron chi connectivity index (χ0n) is 14.0. The zero-order valence-corrected chi connectivity index (χ0v) is 15.6. The molecular weight excluding hydrogens is 370 g/mol.